The minimum absolute atomic E-state index is 0.170. The molecule has 178 valence electrons. The maximum atomic E-state index is 12.1. The molecule has 0 saturated carbocycles. The van der Waals surface area contributed by atoms with E-state index >= 15 is 0 Å². The highest BCUT2D eigenvalue weighted by atomic mass is 32.1. The number of thiazole rings is 1. The summed E-state index contributed by atoms with van der Waals surface area (Å²) in [6, 6.07) is 9.09. The van der Waals surface area contributed by atoms with Crippen LogP contribution in [0.15, 0.2) is 36.5 Å². The molecule has 0 aliphatic heterocycles. The van der Waals surface area contributed by atoms with Crippen LogP contribution in [0.2, 0.25) is 0 Å². The number of anilines is 1. The third-order valence-electron chi connectivity index (χ3n) is 5.80. The van der Waals surface area contributed by atoms with Crippen molar-refractivity contribution in [1.29, 1.82) is 0 Å². The van der Waals surface area contributed by atoms with E-state index in [0.717, 1.165) is 51.6 Å². The lowest BCUT2D eigenvalue weighted by Gasteiger charge is -2.16. The number of rotatable bonds is 5. The van der Waals surface area contributed by atoms with Gasteiger partial charge in [-0.15, -0.1) is 0 Å². The Labute approximate surface area is 205 Å². The highest BCUT2D eigenvalue weighted by molar-refractivity contribution is 7.19. The quantitative estimate of drug-likeness (QED) is 0.418. The van der Waals surface area contributed by atoms with Crippen LogP contribution in [0.3, 0.4) is 0 Å². The zero-order valence-electron chi connectivity index (χ0n) is 19.7. The predicted octanol–water partition coefficient (Wildman–Crippen LogP) is 4.22. The Hall–Kier alpha value is -4.05. The first kappa shape index (κ1) is 22.7. The number of fused-ring (bicyclic) bond motifs is 3. The Morgan fingerprint density at radius 2 is 1.97 bits per heavy atom. The Bertz CT molecular complexity index is 1460. The zero-order valence-corrected chi connectivity index (χ0v) is 20.5. The Morgan fingerprint density at radius 1 is 1.14 bits per heavy atom. The molecule has 0 radical (unpaired) electrons. The molecule has 1 aliphatic carbocycles. The largest absolute Gasteiger partial charge is 0.494 e. The highest BCUT2D eigenvalue weighted by Crippen LogP contribution is 2.45. The van der Waals surface area contributed by atoms with E-state index in [1.165, 1.54) is 25.4 Å². The fraction of sp³-hybridized carbons (Fsp3) is 0.240. The number of carbonyl (C=O) groups excluding carboxylic acids is 2. The van der Waals surface area contributed by atoms with Crippen molar-refractivity contribution in [3.8, 4) is 33.3 Å². The minimum Gasteiger partial charge on any atom is -0.494 e. The van der Waals surface area contributed by atoms with Crippen molar-refractivity contribution in [2.24, 2.45) is 0 Å². The number of benzene rings is 1. The summed E-state index contributed by atoms with van der Waals surface area (Å²) in [6.07, 6.45) is 3.29. The number of pyridine rings is 1. The summed E-state index contributed by atoms with van der Waals surface area (Å²) in [7, 11) is 2.89. The van der Waals surface area contributed by atoms with Gasteiger partial charge in [-0.2, -0.15) is 5.10 Å². The molecule has 0 fully saturated rings. The number of esters is 1. The molecule has 1 aliphatic rings. The molecule has 1 N–H and O–H groups in total. The van der Waals surface area contributed by atoms with E-state index in [1.807, 2.05) is 29.9 Å². The minimum atomic E-state index is -0.451. The number of nitrogens with one attached hydrogen (secondary N) is 1. The molecule has 0 unspecified atom stereocenters. The van der Waals surface area contributed by atoms with Gasteiger partial charge in [0.2, 0.25) is 5.91 Å². The zero-order chi connectivity index (χ0) is 24.7. The average Bonchev–Trinajstić information content (AvgIpc) is 3.44. The maximum absolute atomic E-state index is 12.1. The monoisotopic (exact) mass is 489 g/mol. The van der Waals surface area contributed by atoms with Gasteiger partial charge in [0.05, 0.1) is 41.7 Å². The molecule has 3 heterocycles. The van der Waals surface area contributed by atoms with Crippen molar-refractivity contribution in [1.82, 2.24) is 19.7 Å². The van der Waals surface area contributed by atoms with Crippen LogP contribution in [0, 0.1) is 6.92 Å². The molecule has 0 atom stereocenters. The van der Waals surface area contributed by atoms with Gasteiger partial charge in [0, 0.05) is 29.9 Å². The van der Waals surface area contributed by atoms with Crippen molar-refractivity contribution < 1.29 is 19.1 Å². The van der Waals surface area contributed by atoms with E-state index in [4.69, 9.17) is 14.6 Å². The first-order valence-corrected chi connectivity index (χ1v) is 11.8. The van der Waals surface area contributed by atoms with Crippen LogP contribution in [0.1, 0.15) is 34.2 Å². The van der Waals surface area contributed by atoms with Gasteiger partial charge >= 0.3 is 5.97 Å². The van der Waals surface area contributed by atoms with Crippen molar-refractivity contribution in [2.45, 2.75) is 26.7 Å². The number of nitrogens with zero attached hydrogens (tertiary/aromatic N) is 4. The van der Waals surface area contributed by atoms with Crippen LogP contribution in [-0.2, 0) is 22.4 Å². The molecule has 0 bridgehead atoms. The molecule has 35 heavy (non-hydrogen) atoms. The van der Waals surface area contributed by atoms with E-state index in [-0.39, 0.29) is 5.91 Å². The SMILES string of the molecule is COC(=O)c1ccc(-n2nc(-c3ccc(C)nc3)c3c2-c2sc(NC(C)=O)nc2CC3)c(OC)c1. The van der Waals surface area contributed by atoms with Gasteiger partial charge in [-0.1, -0.05) is 11.3 Å². The second-order valence-corrected chi connectivity index (χ2v) is 9.13. The standard InChI is InChI=1S/C25H23N5O4S/c1-13-5-6-16(12-26-13)21-17-8-9-18-23(35-25(28-18)27-14(2)31)22(17)30(29-21)19-10-7-15(24(32)34-4)11-20(19)33-3/h5-7,10-12H,8-9H2,1-4H3,(H,27,28,31). The number of hydrogen-bond acceptors (Lipinski definition) is 8. The fourth-order valence-electron chi connectivity index (χ4n) is 4.19. The van der Waals surface area contributed by atoms with Crippen molar-refractivity contribution in [3.63, 3.8) is 0 Å². The Kier molecular flexibility index (Phi) is 5.81. The molecule has 3 aromatic heterocycles. The van der Waals surface area contributed by atoms with E-state index in [9.17, 15) is 9.59 Å². The number of carbonyl (C=O) groups is 2. The first-order valence-electron chi connectivity index (χ1n) is 11.0. The predicted molar refractivity (Wildman–Crippen MR) is 132 cm³/mol. The van der Waals surface area contributed by atoms with Gasteiger partial charge in [-0.25, -0.2) is 14.5 Å². The van der Waals surface area contributed by atoms with Gasteiger partial charge in [0.15, 0.2) is 5.13 Å². The Balaban J connectivity index is 1.74. The first-order chi connectivity index (χ1) is 16.9. The number of hydrogen-bond donors (Lipinski definition) is 1. The normalized spacial score (nSPS) is 12.0. The molecule has 4 aromatic rings. The third kappa shape index (κ3) is 4.06. The lowest BCUT2D eigenvalue weighted by Crippen LogP contribution is -2.08. The van der Waals surface area contributed by atoms with E-state index < -0.39 is 5.97 Å². The van der Waals surface area contributed by atoms with Gasteiger partial charge in [-0.3, -0.25) is 9.78 Å². The molecule has 9 nitrogen and oxygen atoms in total. The molecular weight excluding hydrogens is 466 g/mol. The van der Waals surface area contributed by atoms with Crippen LogP contribution < -0.4 is 10.1 Å². The average molecular weight is 490 g/mol. The lowest BCUT2D eigenvalue weighted by molar-refractivity contribution is -0.114. The summed E-state index contributed by atoms with van der Waals surface area (Å²) >= 11 is 1.42. The van der Waals surface area contributed by atoms with Gasteiger partial charge in [0.1, 0.15) is 11.4 Å². The summed E-state index contributed by atoms with van der Waals surface area (Å²) in [5.41, 5.74) is 6.57. The van der Waals surface area contributed by atoms with Gasteiger partial charge in [0.25, 0.3) is 0 Å². The van der Waals surface area contributed by atoms with Gasteiger partial charge < -0.3 is 14.8 Å². The number of aromatic nitrogens is 4. The van der Waals surface area contributed by atoms with Crippen LogP contribution >= 0.6 is 11.3 Å². The summed E-state index contributed by atoms with van der Waals surface area (Å²) in [6.45, 7) is 3.41. The van der Waals surface area contributed by atoms with Gasteiger partial charge in [-0.05, 0) is 50.1 Å². The number of aryl methyl sites for hydroxylation is 2. The van der Waals surface area contributed by atoms with Crippen LogP contribution in [0.4, 0.5) is 5.13 Å². The topological polar surface area (TPSA) is 108 Å². The van der Waals surface area contributed by atoms with E-state index in [2.05, 4.69) is 15.3 Å². The second kappa shape index (κ2) is 8.95. The fourth-order valence-corrected chi connectivity index (χ4v) is 5.30. The summed E-state index contributed by atoms with van der Waals surface area (Å²) in [5.74, 6) is -0.143. The molecule has 1 aromatic carbocycles. The van der Waals surface area contributed by atoms with E-state index in [1.54, 1.807) is 25.3 Å². The second-order valence-electron chi connectivity index (χ2n) is 8.13. The molecular formula is C25H23N5O4S. The number of amides is 1. The summed E-state index contributed by atoms with van der Waals surface area (Å²) in [4.78, 5) is 33.8. The highest BCUT2D eigenvalue weighted by Gasteiger charge is 2.31. The lowest BCUT2D eigenvalue weighted by atomic mass is 9.95. The van der Waals surface area contributed by atoms with Crippen LogP contribution in [-0.4, -0.2) is 45.8 Å². The molecule has 1 amide bonds. The molecule has 10 heteroatoms. The smallest absolute Gasteiger partial charge is 0.337 e. The Morgan fingerprint density at radius 3 is 2.66 bits per heavy atom. The van der Waals surface area contributed by atoms with Crippen molar-refractivity contribution in [2.75, 3.05) is 19.5 Å². The molecule has 0 saturated heterocycles. The van der Waals surface area contributed by atoms with Crippen molar-refractivity contribution >= 4 is 28.3 Å². The van der Waals surface area contributed by atoms with E-state index in [0.29, 0.717) is 22.1 Å². The van der Waals surface area contributed by atoms with Crippen LogP contribution in [0.5, 0.6) is 5.75 Å². The molecule has 0 spiro atoms. The number of methoxy groups -OCH3 is 2. The molecule has 5 rings (SSSR count). The number of ether oxygens (including phenoxy) is 2. The third-order valence-corrected chi connectivity index (χ3v) is 6.82. The van der Waals surface area contributed by atoms with Crippen molar-refractivity contribution in [3.05, 3.63) is 59.0 Å². The summed E-state index contributed by atoms with van der Waals surface area (Å²) in [5, 5.41) is 8.36. The van der Waals surface area contributed by atoms with Crippen LogP contribution in [0.25, 0.3) is 27.5 Å². The summed E-state index contributed by atoms with van der Waals surface area (Å²) < 4.78 is 12.3. The maximum Gasteiger partial charge on any atom is 0.337 e.